The van der Waals surface area contributed by atoms with Gasteiger partial charge in [-0.25, -0.2) is 0 Å². The second-order valence-corrected chi connectivity index (χ2v) is 8.35. The van der Waals surface area contributed by atoms with Crippen molar-refractivity contribution in [1.82, 2.24) is 19.4 Å². The lowest BCUT2D eigenvalue weighted by molar-refractivity contribution is -0.128. The third kappa shape index (κ3) is 4.41. The summed E-state index contributed by atoms with van der Waals surface area (Å²) in [6, 6.07) is 8.50. The van der Waals surface area contributed by atoms with Crippen LogP contribution in [0.1, 0.15) is 12.0 Å². The van der Waals surface area contributed by atoms with Gasteiger partial charge in [-0.1, -0.05) is 28.8 Å². The van der Waals surface area contributed by atoms with Crippen molar-refractivity contribution in [3.63, 3.8) is 0 Å². The Hall–Kier alpha value is -1.87. The summed E-state index contributed by atoms with van der Waals surface area (Å²) in [5.74, 6) is 0.212. The van der Waals surface area contributed by atoms with Crippen molar-refractivity contribution < 1.29 is 14.3 Å². The monoisotopic (exact) mass is 402 g/mol. The van der Waals surface area contributed by atoms with Gasteiger partial charge in [0, 0.05) is 62.6 Å². The predicted molar refractivity (Wildman–Crippen MR) is 107 cm³/mol. The summed E-state index contributed by atoms with van der Waals surface area (Å²) in [5.41, 5.74) is 3.14. The molecule has 2 aliphatic rings. The maximum absolute atomic E-state index is 12.5. The van der Waals surface area contributed by atoms with Gasteiger partial charge in [-0.15, -0.1) is 5.10 Å². The molecule has 2 aromatic rings. The number of aromatic nitrogens is 2. The Balaban J connectivity index is 1.41. The standard InChI is InChI=1S/C20H26N4O3S/c1-26-8-7-24-14-20(10-19(24)25)13-23(6-9-27-15-20)11-16-2-4-17(5-3-16)18-12-28-22-21-18/h2-5,12H,6-11,13-15H2,1H3. The Morgan fingerprint density at radius 1 is 1.29 bits per heavy atom. The van der Waals surface area contributed by atoms with Crippen molar-refractivity contribution in [1.29, 1.82) is 0 Å². The lowest BCUT2D eigenvalue weighted by atomic mass is 9.87. The van der Waals surface area contributed by atoms with E-state index in [4.69, 9.17) is 9.47 Å². The first-order chi connectivity index (χ1) is 13.7. The minimum Gasteiger partial charge on any atom is -0.383 e. The first-order valence-electron chi connectivity index (χ1n) is 9.61. The van der Waals surface area contributed by atoms with Crippen LogP contribution in [0.5, 0.6) is 0 Å². The lowest BCUT2D eigenvalue weighted by Gasteiger charge is -2.31. The predicted octanol–water partition coefficient (Wildman–Crippen LogP) is 1.90. The smallest absolute Gasteiger partial charge is 0.223 e. The summed E-state index contributed by atoms with van der Waals surface area (Å²) < 4.78 is 15.0. The van der Waals surface area contributed by atoms with E-state index in [1.807, 2.05) is 10.3 Å². The van der Waals surface area contributed by atoms with Crippen LogP contribution in [-0.2, 0) is 20.8 Å². The van der Waals surface area contributed by atoms with Gasteiger partial charge in [0.05, 0.1) is 19.8 Å². The zero-order valence-corrected chi connectivity index (χ0v) is 17.0. The molecule has 1 spiro atoms. The van der Waals surface area contributed by atoms with Crippen LogP contribution < -0.4 is 0 Å². The topological polar surface area (TPSA) is 67.8 Å². The minimum absolute atomic E-state index is 0.118. The molecule has 0 N–H and O–H groups in total. The number of hydrogen-bond acceptors (Lipinski definition) is 7. The van der Waals surface area contributed by atoms with Gasteiger partial charge in [0.15, 0.2) is 0 Å². The molecule has 2 aliphatic heterocycles. The number of hydrogen-bond donors (Lipinski definition) is 0. The molecular formula is C20H26N4O3S. The van der Waals surface area contributed by atoms with Gasteiger partial charge in [0.2, 0.25) is 5.91 Å². The van der Waals surface area contributed by atoms with Crippen molar-refractivity contribution >= 4 is 17.4 Å². The van der Waals surface area contributed by atoms with Crippen LogP contribution >= 0.6 is 11.5 Å². The molecule has 8 heteroatoms. The third-order valence-electron chi connectivity index (χ3n) is 5.51. The highest BCUT2D eigenvalue weighted by Crippen LogP contribution is 2.34. The molecule has 3 heterocycles. The van der Waals surface area contributed by atoms with Gasteiger partial charge in [-0.05, 0) is 17.1 Å². The highest BCUT2D eigenvalue weighted by Gasteiger charge is 2.45. The second-order valence-electron chi connectivity index (χ2n) is 7.74. The van der Waals surface area contributed by atoms with Crippen LogP contribution in [0.25, 0.3) is 11.3 Å². The second kappa shape index (κ2) is 8.65. The molecule has 1 aromatic heterocycles. The fourth-order valence-corrected chi connectivity index (χ4v) is 4.60. The number of benzene rings is 1. The van der Waals surface area contributed by atoms with Gasteiger partial charge in [-0.2, -0.15) is 0 Å². The Labute approximate surface area is 169 Å². The zero-order chi connectivity index (χ0) is 19.4. The molecule has 150 valence electrons. The molecule has 7 nitrogen and oxygen atoms in total. The minimum atomic E-state index is -0.118. The number of ether oxygens (including phenoxy) is 2. The van der Waals surface area contributed by atoms with E-state index in [9.17, 15) is 4.79 Å². The molecule has 0 bridgehead atoms. The molecule has 0 radical (unpaired) electrons. The van der Waals surface area contributed by atoms with Crippen LogP contribution in [-0.4, -0.2) is 78.4 Å². The quantitative estimate of drug-likeness (QED) is 0.735. The number of carbonyl (C=O) groups excluding carboxylic acids is 1. The molecule has 0 aliphatic carbocycles. The number of likely N-dealkylation sites (tertiary alicyclic amines) is 1. The largest absolute Gasteiger partial charge is 0.383 e. The summed E-state index contributed by atoms with van der Waals surface area (Å²) in [4.78, 5) is 16.8. The van der Waals surface area contributed by atoms with Crippen LogP contribution in [0.4, 0.5) is 0 Å². The Kier molecular flexibility index (Phi) is 6.01. The SMILES string of the molecule is COCCN1CC2(COCCN(Cc3ccc(-c4csnn4)cc3)C2)CC1=O. The Morgan fingerprint density at radius 2 is 2.14 bits per heavy atom. The average molecular weight is 403 g/mol. The van der Waals surface area contributed by atoms with E-state index in [1.54, 1.807) is 7.11 Å². The first kappa shape index (κ1) is 19.4. The molecule has 1 amide bonds. The van der Waals surface area contributed by atoms with Gasteiger partial charge >= 0.3 is 0 Å². The fraction of sp³-hybridized carbons (Fsp3) is 0.550. The summed E-state index contributed by atoms with van der Waals surface area (Å²) in [6.07, 6.45) is 0.559. The van der Waals surface area contributed by atoms with Crippen molar-refractivity contribution in [3.05, 3.63) is 35.2 Å². The van der Waals surface area contributed by atoms with E-state index < -0.39 is 0 Å². The molecular weight excluding hydrogens is 376 g/mol. The van der Waals surface area contributed by atoms with Crippen molar-refractivity contribution in [2.24, 2.45) is 5.41 Å². The Bertz CT molecular complexity index is 783. The molecule has 2 saturated heterocycles. The van der Waals surface area contributed by atoms with Gasteiger partial charge < -0.3 is 14.4 Å². The van der Waals surface area contributed by atoms with E-state index in [-0.39, 0.29) is 11.3 Å². The van der Waals surface area contributed by atoms with Crippen LogP contribution in [0.15, 0.2) is 29.6 Å². The highest BCUT2D eigenvalue weighted by molar-refractivity contribution is 7.03. The summed E-state index contributed by atoms with van der Waals surface area (Å²) in [7, 11) is 1.67. The molecule has 1 aromatic carbocycles. The van der Waals surface area contributed by atoms with E-state index >= 15 is 0 Å². The summed E-state index contributed by atoms with van der Waals surface area (Å²) >= 11 is 1.36. The van der Waals surface area contributed by atoms with Gasteiger partial charge in [0.25, 0.3) is 0 Å². The van der Waals surface area contributed by atoms with E-state index in [1.165, 1.54) is 17.1 Å². The molecule has 0 saturated carbocycles. The maximum Gasteiger partial charge on any atom is 0.223 e. The number of amides is 1. The number of methoxy groups -OCH3 is 1. The van der Waals surface area contributed by atoms with E-state index in [2.05, 4.69) is 38.8 Å². The van der Waals surface area contributed by atoms with Gasteiger partial charge in [0.1, 0.15) is 5.69 Å². The summed E-state index contributed by atoms with van der Waals surface area (Å²) in [6.45, 7) is 5.95. The average Bonchev–Trinajstić information content (AvgIpc) is 3.28. The summed E-state index contributed by atoms with van der Waals surface area (Å²) in [5, 5.41) is 6.08. The van der Waals surface area contributed by atoms with Crippen LogP contribution in [0.2, 0.25) is 0 Å². The third-order valence-corrected chi connectivity index (χ3v) is 6.01. The molecule has 4 rings (SSSR count). The molecule has 2 fully saturated rings. The van der Waals surface area contributed by atoms with Crippen molar-refractivity contribution in [3.8, 4) is 11.3 Å². The first-order valence-corrected chi connectivity index (χ1v) is 10.4. The number of rotatable bonds is 6. The maximum atomic E-state index is 12.5. The lowest BCUT2D eigenvalue weighted by Crippen LogP contribution is -2.40. The van der Waals surface area contributed by atoms with E-state index in [0.29, 0.717) is 32.8 Å². The number of nitrogens with zero attached hydrogens (tertiary/aromatic N) is 4. The van der Waals surface area contributed by atoms with Crippen molar-refractivity contribution in [2.45, 2.75) is 13.0 Å². The van der Waals surface area contributed by atoms with Gasteiger partial charge in [-0.3, -0.25) is 9.69 Å². The number of carbonyl (C=O) groups is 1. The van der Waals surface area contributed by atoms with E-state index in [0.717, 1.165) is 37.4 Å². The van der Waals surface area contributed by atoms with Crippen LogP contribution in [0, 0.1) is 5.41 Å². The zero-order valence-electron chi connectivity index (χ0n) is 16.2. The molecule has 1 atom stereocenters. The molecule has 28 heavy (non-hydrogen) atoms. The normalized spacial score (nSPS) is 23.5. The van der Waals surface area contributed by atoms with Crippen LogP contribution in [0.3, 0.4) is 0 Å². The van der Waals surface area contributed by atoms with Crippen molar-refractivity contribution in [2.75, 3.05) is 53.1 Å². The fourth-order valence-electron chi connectivity index (χ4n) is 4.14. The highest BCUT2D eigenvalue weighted by atomic mass is 32.1. The Morgan fingerprint density at radius 3 is 2.89 bits per heavy atom. The molecule has 1 unspecified atom stereocenters.